The summed E-state index contributed by atoms with van der Waals surface area (Å²) < 4.78 is 8.88. The van der Waals surface area contributed by atoms with Crippen LogP contribution in [0.3, 0.4) is 0 Å². The van der Waals surface area contributed by atoms with Gasteiger partial charge in [-0.05, 0) is 71.8 Å². The summed E-state index contributed by atoms with van der Waals surface area (Å²) in [5.74, 6) is 0. The van der Waals surface area contributed by atoms with E-state index in [9.17, 15) is 0 Å². The van der Waals surface area contributed by atoms with Crippen LogP contribution in [0.4, 0.5) is 17.1 Å². The Kier molecular flexibility index (Phi) is 5.04. The van der Waals surface area contributed by atoms with Crippen molar-refractivity contribution < 1.29 is 4.42 Å². The van der Waals surface area contributed by atoms with E-state index in [1.807, 2.05) is 23.5 Å². The molecule has 3 heteroatoms. The van der Waals surface area contributed by atoms with Gasteiger partial charge in [0.2, 0.25) is 0 Å². The smallest absolute Gasteiger partial charge is 0.137 e. The Balaban J connectivity index is 1.27. The van der Waals surface area contributed by atoms with Crippen LogP contribution < -0.4 is 4.90 Å². The molecule has 39 heavy (non-hydrogen) atoms. The third-order valence-electron chi connectivity index (χ3n) is 7.47. The van der Waals surface area contributed by atoms with Gasteiger partial charge in [-0.25, -0.2) is 0 Å². The molecule has 2 aromatic heterocycles. The van der Waals surface area contributed by atoms with E-state index in [1.165, 1.54) is 31.3 Å². The van der Waals surface area contributed by atoms with Gasteiger partial charge in [0.05, 0.1) is 11.1 Å². The van der Waals surface area contributed by atoms with Crippen LogP contribution in [0.25, 0.3) is 53.2 Å². The molecule has 8 rings (SSSR count). The van der Waals surface area contributed by atoms with Crippen molar-refractivity contribution in [2.45, 2.75) is 0 Å². The zero-order valence-electron chi connectivity index (χ0n) is 21.0. The molecule has 0 radical (unpaired) electrons. The lowest BCUT2D eigenvalue weighted by atomic mass is 10.0. The second-order valence-electron chi connectivity index (χ2n) is 9.78. The summed E-state index contributed by atoms with van der Waals surface area (Å²) in [6, 6.07) is 49.5. The van der Waals surface area contributed by atoms with Gasteiger partial charge in [-0.2, -0.15) is 0 Å². The predicted octanol–water partition coefficient (Wildman–Crippen LogP) is 11.1. The minimum atomic E-state index is 0.891. The fourth-order valence-corrected chi connectivity index (χ4v) is 6.74. The summed E-state index contributed by atoms with van der Waals surface area (Å²) >= 11 is 1.86. The van der Waals surface area contributed by atoms with Gasteiger partial charge in [0.15, 0.2) is 0 Å². The largest absolute Gasteiger partial charge is 0.456 e. The molecule has 0 unspecified atom stereocenters. The molecule has 2 heterocycles. The van der Waals surface area contributed by atoms with Crippen molar-refractivity contribution in [3.05, 3.63) is 140 Å². The summed E-state index contributed by atoms with van der Waals surface area (Å²) in [6.07, 6.45) is 0. The SMILES string of the molecule is c1ccc(N(c2ccc(-c3ccc4sc5ccccc5c4c3)cc2)c2cccc3oc4ccccc4c23)cc1. The standard InChI is InChI=1S/C36H23NOS/c1-2-9-26(10-3-1)37(31-13-8-15-33-36(31)29-12-4-6-14-32(29)38-33)27-20-17-24(18-21-27)25-19-22-35-30(23-25)28-11-5-7-16-34(28)39-35/h1-23H. The van der Waals surface area contributed by atoms with Gasteiger partial charge in [0.25, 0.3) is 0 Å². The van der Waals surface area contributed by atoms with E-state index < -0.39 is 0 Å². The first-order valence-electron chi connectivity index (χ1n) is 13.1. The quantitative estimate of drug-likeness (QED) is 0.231. The van der Waals surface area contributed by atoms with Crippen LogP contribution in [0, 0.1) is 0 Å². The predicted molar refractivity (Wildman–Crippen MR) is 167 cm³/mol. The Labute approximate surface area is 230 Å². The Morgan fingerprint density at radius 2 is 1.13 bits per heavy atom. The van der Waals surface area contributed by atoms with Crippen LogP contribution in [0.2, 0.25) is 0 Å². The molecular formula is C36H23NOS. The van der Waals surface area contributed by atoms with E-state index in [1.54, 1.807) is 0 Å². The number of para-hydroxylation sites is 2. The highest BCUT2D eigenvalue weighted by atomic mass is 32.1. The molecule has 0 saturated heterocycles. The van der Waals surface area contributed by atoms with E-state index in [0.29, 0.717) is 0 Å². The van der Waals surface area contributed by atoms with Crippen molar-refractivity contribution in [3.8, 4) is 11.1 Å². The molecule has 0 fully saturated rings. The monoisotopic (exact) mass is 517 g/mol. The lowest BCUT2D eigenvalue weighted by molar-refractivity contribution is 0.669. The third-order valence-corrected chi connectivity index (χ3v) is 8.62. The van der Waals surface area contributed by atoms with Gasteiger partial charge < -0.3 is 9.32 Å². The average Bonchev–Trinajstić information content (AvgIpc) is 3.57. The van der Waals surface area contributed by atoms with Gasteiger partial charge in [-0.1, -0.05) is 78.9 Å². The van der Waals surface area contributed by atoms with Crippen LogP contribution in [-0.2, 0) is 0 Å². The van der Waals surface area contributed by atoms with Gasteiger partial charge in [0.1, 0.15) is 11.2 Å². The highest BCUT2D eigenvalue weighted by Gasteiger charge is 2.19. The number of anilines is 3. The molecule has 0 N–H and O–H groups in total. The second kappa shape index (κ2) is 8.87. The normalized spacial score (nSPS) is 11.6. The van der Waals surface area contributed by atoms with Crippen LogP contribution in [0.5, 0.6) is 0 Å². The number of nitrogens with zero attached hydrogens (tertiary/aromatic N) is 1. The van der Waals surface area contributed by atoms with Crippen LogP contribution >= 0.6 is 11.3 Å². The Morgan fingerprint density at radius 1 is 0.462 bits per heavy atom. The van der Waals surface area contributed by atoms with E-state index in [4.69, 9.17) is 4.42 Å². The maximum atomic E-state index is 6.23. The number of benzene rings is 6. The molecule has 184 valence electrons. The molecule has 6 aromatic carbocycles. The van der Waals surface area contributed by atoms with Gasteiger partial charge >= 0.3 is 0 Å². The molecule has 0 spiro atoms. The first kappa shape index (κ1) is 22.2. The van der Waals surface area contributed by atoms with Crippen molar-refractivity contribution in [1.82, 2.24) is 0 Å². The number of rotatable bonds is 4. The maximum absolute atomic E-state index is 6.23. The van der Waals surface area contributed by atoms with Crippen molar-refractivity contribution in [2.24, 2.45) is 0 Å². The number of fused-ring (bicyclic) bond motifs is 6. The van der Waals surface area contributed by atoms with Crippen molar-refractivity contribution >= 4 is 70.5 Å². The highest BCUT2D eigenvalue weighted by molar-refractivity contribution is 7.25. The van der Waals surface area contributed by atoms with E-state index in [2.05, 4.69) is 132 Å². The van der Waals surface area contributed by atoms with E-state index in [0.717, 1.165) is 39.0 Å². The van der Waals surface area contributed by atoms with Crippen LogP contribution in [0.1, 0.15) is 0 Å². The Bertz CT molecular complexity index is 2120. The van der Waals surface area contributed by atoms with Gasteiger partial charge in [-0.15, -0.1) is 11.3 Å². The molecule has 0 aliphatic rings. The molecule has 2 nitrogen and oxygen atoms in total. The molecule has 0 saturated carbocycles. The van der Waals surface area contributed by atoms with Gasteiger partial charge in [0, 0.05) is 36.9 Å². The minimum Gasteiger partial charge on any atom is -0.456 e. The summed E-state index contributed by atoms with van der Waals surface area (Å²) in [4.78, 5) is 2.32. The summed E-state index contributed by atoms with van der Waals surface area (Å²) in [5.41, 5.74) is 7.53. The first-order chi connectivity index (χ1) is 19.3. The van der Waals surface area contributed by atoms with Crippen molar-refractivity contribution in [3.63, 3.8) is 0 Å². The van der Waals surface area contributed by atoms with Crippen molar-refractivity contribution in [1.29, 1.82) is 0 Å². The van der Waals surface area contributed by atoms with Gasteiger partial charge in [-0.3, -0.25) is 0 Å². The lowest BCUT2D eigenvalue weighted by Gasteiger charge is -2.26. The highest BCUT2D eigenvalue weighted by Crippen LogP contribution is 2.43. The number of thiophene rings is 1. The van der Waals surface area contributed by atoms with E-state index in [-0.39, 0.29) is 0 Å². The fourth-order valence-electron chi connectivity index (χ4n) is 5.66. The molecule has 0 amide bonds. The third kappa shape index (κ3) is 3.63. The topological polar surface area (TPSA) is 16.4 Å². The fraction of sp³-hybridized carbons (Fsp3) is 0. The van der Waals surface area contributed by atoms with E-state index >= 15 is 0 Å². The zero-order chi connectivity index (χ0) is 25.8. The zero-order valence-corrected chi connectivity index (χ0v) is 21.9. The number of furan rings is 1. The number of hydrogen-bond donors (Lipinski definition) is 0. The Morgan fingerprint density at radius 3 is 2.00 bits per heavy atom. The second-order valence-corrected chi connectivity index (χ2v) is 10.9. The summed E-state index contributed by atoms with van der Waals surface area (Å²) in [7, 11) is 0. The first-order valence-corrected chi connectivity index (χ1v) is 13.9. The lowest BCUT2D eigenvalue weighted by Crippen LogP contribution is -2.10. The summed E-state index contributed by atoms with van der Waals surface area (Å²) in [6.45, 7) is 0. The van der Waals surface area contributed by atoms with Crippen molar-refractivity contribution in [2.75, 3.05) is 4.90 Å². The van der Waals surface area contributed by atoms with Crippen LogP contribution in [0.15, 0.2) is 144 Å². The minimum absolute atomic E-state index is 0.891. The Hall–Kier alpha value is -4.86. The molecule has 0 atom stereocenters. The van der Waals surface area contributed by atoms with Crippen LogP contribution in [-0.4, -0.2) is 0 Å². The maximum Gasteiger partial charge on any atom is 0.137 e. The molecular weight excluding hydrogens is 494 g/mol. The molecule has 0 bridgehead atoms. The number of hydrogen-bond acceptors (Lipinski definition) is 3. The molecule has 0 aliphatic heterocycles. The molecule has 0 aliphatic carbocycles. The summed E-state index contributed by atoms with van der Waals surface area (Å²) in [5, 5.41) is 4.89. The average molecular weight is 518 g/mol. The molecule has 8 aromatic rings.